The minimum absolute atomic E-state index is 0.126. The van der Waals surface area contributed by atoms with Crippen molar-refractivity contribution in [3.63, 3.8) is 0 Å². The average molecular weight is 585 g/mol. The molecular weight excluding hydrogens is 566 g/mol. The van der Waals surface area contributed by atoms with Crippen molar-refractivity contribution >= 4 is 65.5 Å². The van der Waals surface area contributed by atoms with Crippen molar-refractivity contribution in [2.75, 3.05) is 0 Å². The van der Waals surface area contributed by atoms with Gasteiger partial charge in [-0.3, -0.25) is 9.59 Å². The molecule has 5 rings (SSSR count). The van der Waals surface area contributed by atoms with Crippen molar-refractivity contribution < 1.29 is 19.1 Å². The number of para-hydroxylation sites is 2. The Bertz CT molecular complexity index is 1380. The third-order valence-corrected chi connectivity index (χ3v) is 35.2. The topological polar surface area (TPSA) is 52.6 Å². The lowest BCUT2D eigenvalue weighted by Crippen LogP contribution is -2.05. The first-order valence-electron chi connectivity index (χ1n) is 10.7. The number of ether oxygens (including phenoxy) is 2. The van der Waals surface area contributed by atoms with Crippen LogP contribution in [0.5, 0.6) is 23.0 Å². The summed E-state index contributed by atoms with van der Waals surface area (Å²) in [5.41, 5.74) is 0.766. The van der Waals surface area contributed by atoms with Gasteiger partial charge in [0.2, 0.25) is 11.0 Å². The third-order valence-electron chi connectivity index (χ3n) is 5.09. The summed E-state index contributed by atoms with van der Waals surface area (Å²) in [4.78, 5) is 26.4. The van der Waals surface area contributed by atoms with E-state index in [0.29, 0.717) is 34.1 Å². The summed E-state index contributed by atoms with van der Waals surface area (Å²) in [6, 6.07) is 32.7. The van der Waals surface area contributed by atoms with Gasteiger partial charge in [0.1, 0.15) is 31.9 Å². The van der Waals surface area contributed by atoms with E-state index in [-0.39, 0.29) is 11.0 Å². The van der Waals surface area contributed by atoms with Gasteiger partial charge >= 0.3 is 0 Å². The molecule has 0 unspecified atom stereocenters. The Morgan fingerprint density at radius 2 is 0.806 bits per heavy atom. The fraction of sp³-hybridized carbons (Fsp3) is 0. The highest BCUT2D eigenvalue weighted by Crippen LogP contribution is 3.06. The van der Waals surface area contributed by atoms with Gasteiger partial charge < -0.3 is 9.47 Å². The van der Waals surface area contributed by atoms with Crippen molar-refractivity contribution in [3.05, 3.63) is 120 Å². The van der Waals surface area contributed by atoms with Crippen molar-refractivity contribution in [1.29, 1.82) is 0 Å². The molecule has 180 valence electrons. The monoisotopic (exact) mass is 584 g/mol. The van der Waals surface area contributed by atoms with Crippen LogP contribution >= 0.6 is 30.9 Å². The zero-order valence-electron chi connectivity index (χ0n) is 18.6. The van der Waals surface area contributed by atoms with Crippen molar-refractivity contribution in [3.8, 4) is 23.0 Å². The van der Waals surface area contributed by atoms with Crippen LogP contribution < -0.4 is 9.47 Å². The average Bonchev–Trinajstić information content (AvgIpc) is 2.89. The van der Waals surface area contributed by atoms with Crippen molar-refractivity contribution in [2.24, 2.45) is 0 Å². The Balaban J connectivity index is 1.22. The van der Waals surface area contributed by atoms with E-state index >= 15 is 0 Å². The minimum Gasteiger partial charge on any atom is -0.457 e. The maximum atomic E-state index is 13.2. The van der Waals surface area contributed by atoms with Gasteiger partial charge in [0.15, 0.2) is 0 Å². The standard InChI is InChI=1S/C26H18O4P2S4/c27-25(19-11-15-23(16-12-19)29-21-7-3-1-4-8-21)31(33)35-32(34,36-31)26(28)20-13-17-24(18-14-20)30-22-9-5-2-6-10-22/h1-18H. The Kier molecular flexibility index (Phi) is 7.55. The molecule has 0 aliphatic carbocycles. The molecule has 0 bridgehead atoms. The van der Waals surface area contributed by atoms with Gasteiger partial charge in [-0.25, -0.2) is 0 Å². The van der Waals surface area contributed by atoms with Gasteiger partial charge in [-0.05, 0) is 72.8 Å². The Morgan fingerprint density at radius 1 is 0.500 bits per heavy atom. The van der Waals surface area contributed by atoms with Gasteiger partial charge in [0, 0.05) is 11.1 Å². The quantitative estimate of drug-likeness (QED) is 0.190. The molecule has 1 aliphatic rings. The lowest BCUT2D eigenvalue weighted by molar-refractivity contribution is 0.108. The maximum absolute atomic E-state index is 13.2. The first kappa shape index (κ1) is 25.5. The van der Waals surface area contributed by atoms with Crippen LogP contribution in [0.1, 0.15) is 20.7 Å². The predicted octanol–water partition coefficient (Wildman–Crippen LogP) is 9.35. The molecule has 1 heterocycles. The molecule has 4 nitrogen and oxygen atoms in total. The molecule has 10 heteroatoms. The molecule has 0 aromatic heterocycles. The third kappa shape index (κ3) is 5.55. The van der Waals surface area contributed by atoms with E-state index in [1.54, 1.807) is 48.5 Å². The molecule has 1 aliphatic heterocycles. The predicted molar refractivity (Wildman–Crippen MR) is 158 cm³/mol. The highest BCUT2D eigenvalue weighted by Gasteiger charge is 2.52. The van der Waals surface area contributed by atoms with Crippen LogP contribution in [0.15, 0.2) is 109 Å². The summed E-state index contributed by atoms with van der Waals surface area (Å²) in [6.45, 7) is 0. The first-order chi connectivity index (χ1) is 17.3. The molecule has 0 saturated carbocycles. The zero-order chi connectivity index (χ0) is 25.2. The van der Waals surface area contributed by atoms with Gasteiger partial charge in [-0.1, -0.05) is 82.0 Å². The lowest BCUT2D eigenvalue weighted by atomic mass is 10.2. The van der Waals surface area contributed by atoms with Gasteiger partial charge in [0.25, 0.3) is 0 Å². The second-order valence-corrected chi connectivity index (χ2v) is 28.7. The molecule has 36 heavy (non-hydrogen) atoms. The SMILES string of the molecule is O=C(c1ccc(Oc2ccccc2)cc1)P1(=S)SP(=S)(C(=O)c2ccc(Oc3ccccc3)cc2)S1. The molecule has 0 atom stereocenters. The molecule has 0 amide bonds. The lowest BCUT2D eigenvalue weighted by Gasteiger charge is -2.37. The van der Waals surface area contributed by atoms with E-state index in [9.17, 15) is 9.59 Å². The van der Waals surface area contributed by atoms with Crippen LogP contribution in [0, 0.1) is 0 Å². The smallest absolute Gasteiger partial charge is 0.214 e. The van der Waals surface area contributed by atoms with Crippen molar-refractivity contribution in [1.82, 2.24) is 0 Å². The summed E-state index contributed by atoms with van der Waals surface area (Å²) >= 11 is 14.0. The number of hydrogen-bond donors (Lipinski definition) is 0. The maximum Gasteiger partial charge on any atom is 0.214 e. The molecule has 4 aromatic rings. The van der Waals surface area contributed by atoms with E-state index < -0.39 is 8.88 Å². The van der Waals surface area contributed by atoms with E-state index in [1.807, 2.05) is 60.7 Å². The first-order valence-corrected chi connectivity index (χ1v) is 20.4. The Labute approximate surface area is 226 Å². The Hall–Kier alpha value is -2.18. The molecule has 0 N–H and O–H groups in total. The van der Waals surface area contributed by atoms with Gasteiger partial charge in [0.05, 0.1) is 0 Å². The Morgan fingerprint density at radius 3 is 1.14 bits per heavy atom. The molecule has 1 fully saturated rings. The molecule has 0 radical (unpaired) electrons. The summed E-state index contributed by atoms with van der Waals surface area (Å²) in [6.07, 6.45) is 0. The summed E-state index contributed by atoms with van der Waals surface area (Å²) in [5, 5.41) is 0. The number of hydrogen-bond acceptors (Lipinski definition) is 8. The summed E-state index contributed by atoms with van der Waals surface area (Å²) < 4.78 is 6.48. The van der Waals surface area contributed by atoms with Crippen LogP contribution in [0.25, 0.3) is 0 Å². The fourth-order valence-electron chi connectivity index (χ4n) is 3.33. The second kappa shape index (κ2) is 10.7. The van der Waals surface area contributed by atoms with Gasteiger partial charge in [-0.15, -0.1) is 0 Å². The van der Waals surface area contributed by atoms with Gasteiger partial charge in [-0.2, -0.15) is 0 Å². The molecular formula is C26H18O4P2S4. The minimum atomic E-state index is -2.55. The van der Waals surface area contributed by atoms with Crippen LogP contribution in [-0.4, -0.2) is 11.0 Å². The molecule has 4 aromatic carbocycles. The fourth-order valence-corrected chi connectivity index (χ4v) is 44.2. The summed E-state index contributed by atoms with van der Waals surface area (Å²) in [5.74, 6) is 2.69. The van der Waals surface area contributed by atoms with Crippen LogP contribution in [0.4, 0.5) is 0 Å². The van der Waals surface area contributed by atoms with Crippen molar-refractivity contribution in [2.45, 2.75) is 0 Å². The zero-order valence-corrected chi connectivity index (χ0v) is 23.6. The van der Waals surface area contributed by atoms with Crippen LogP contribution in [0.3, 0.4) is 0 Å². The highest BCUT2D eigenvalue weighted by atomic mass is 33.7. The van der Waals surface area contributed by atoms with E-state index in [0.717, 1.165) is 0 Å². The normalized spacial score (nSPS) is 20.7. The number of benzene rings is 4. The van der Waals surface area contributed by atoms with E-state index in [2.05, 4.69) is 0 Å². The largest absolute Gasteiger partial charge is 0.457 e. The second-order valence-electron chi connectivity index (χ2n) is 7.65. The van der Waals surface area contributed by atoms with Crippen LogP contribution in [0.2, 0.25) is 0 Å². The molecule has 0 spiro atoms. The van der Waals surface area contributed by atoms with E-state index in [1.165, 1.54) is 22.0 Å². The number of carbonyl (C=O) groups excluding carboxylic acids is 2. The number of rotatable bonds is 8. The van der Waals surface area contributed by atoms with Crippen LogP contribution in [-0.2, 0) is 23.6 Å². The molecule has 1 saturated heterocycles. The highest BCUT2D eigenvalue weighted by molar-refractivity contribution is 9.50. The number of carbonyl (C=O) groups is 2. The summed E-state index contributed by atoms with van der Waals surface area (Å²) in [7, 11) is 0. The van der Waals surface area contributed by atoms with E-state index in [4.69, 9.17) is 33.1 Å².